The maximum absolute atomic E-state index is 12.2. The lowest BCUT2D eigenvalue weighted by Gasteiger charge is -2.59. The number of esters is 2. The van der Waals surface area contributed by atoms with E-state index in [0.29, 0.717) is 40.9 Å². The lowest BCUT2D eigenvalue weighted by molar-refractivity contribution is -0.165. The smallest absolute Gasteiger partial charge is 0.303 e. The molecule has 4 rings (SSSR count). The van der Waals surface area contributed by atoms with Crippen molar-refractivity contribution in [2.24, 2.45) is 52.3 Å². The van der Waals surface area contributed by atoms with Crippen molar-refractivity contribution in [3.63, 3.8) is 0 Å². The van der Waals surface area contributed by atoms with E-state index in [-0.39, 0.29) is 35.5 Å². The molecule has 0 bridgehead atoms. The fourth-order valence-electron chi connectivity index (χ4n) is 8.77. The Kier molecular flexibility index (Phi) is 7.85. The highest BCUT2D eigenvalue weighted by molar-refractivity contribution is 5.67. The molecule has 10 atom stereocenters. The van der Waals surface area contributed by atoms with Gasteiger partial charge in [0.2, 0.25) is 0 Å². The predicted octanol–water partition coefficient (Wildman–Crippen LogP) is 7.52. The highest BCUT2D eigenvalue weighted by atomic mass is 16.5. The van der Waals surface area contributed by atoms with Crippen LogP contribution in [-0.4, -0.2) is 24.1 Å². The molecule has 36 heavy (non-hydrogen) atoms. The first kappa shape index (κ1) is 27.5. The number of carbonyl (C=O) groups excluding carboxylic acids is 2. The van der Waals surface area contributed by atoms with Crippen LogP contribution in [-0.2, 0) is 19.1 Å². The number of hydrogen-bond acceptors (Lipinski definition) is 4. The molecule has 4 aliphatic carbocycles. The van der Waals surface area contributed by atoms with Crippen LogP contribution in [0.2, 0.25) is 0 Å². The lowest BCUT2D eigenvalue weighted by Crippen LogP contribution is -2.54. The number of rotatable bonds is 6. The molecule has 4 heteroatoms. The molecule has 0 aromatic heterocycles. The average molecular weight is 499 g/mol. The van der Waals surface area contributed by atoms with Gasteiger partial charge in [-0.25, -0.2) is 0 Å². The summed E-state index contributed by atoms with van der Waals surface area (Å²) in [5, 5.41) is 0. The molecule has 3 fully saturated rings. The number of carbonyl (C=O) groups is 2. The Morgan fingerprint density at radius 2 is 1.53 bits per heavy atom. The summed E-state index contributed by atoms with van der Waals surface area (Å²) in [7, 11) is 0. The Morgan fingerprint density at radius 3 is 2.17 bits per heavy atom. The van der Waals surface area contributed by atoms with Gasteiger partial charge in [-0.05, 0) is 97.4 Å². The van der Waals surface area contributed by atoms with Crippen LogP contribution < -0.4 is 0 Å². The van der Waals surface area contributed by atoms with E-state index in [4.69, 9.17) is 9.47 Å². The quantitative estimate of drug-likeness (QED) is 0.281. The van der Waals surface area contributed by atoms with E-state index in [1.165, 1.54) is 39.5 Å². The third-order valence-electron chi connectivity index (χ3n) is 11.1. The van der Waals surface area contributed by atoms with Crippen molar-refractivity contribution in [3.8, 4) is 0 Å². The second-order valence-electron chi connectivity index (χ2n) is 13.5. The molecule has 0 aromatic carbocycles. The van der Waals surface area contributed by atoms with E-state index in [0.717, 1.165) is 19.3 Å². The van der Waals surface area contributed by atoms with Crippen molar-refractivity contribution in [2.45, 2.75) is 113 Å². The van der Waals surface area contributed by atoms with E-state index in [1.807, 2.05) is 0 Å². The third-order valence-corrected chi connectivity index (χ3v) is 11.1. The zero-order valence-electron chi connectivity index (χ0n) is 24.0. The SMILES string of the molecule is CC(=O)OC1CC[C@@]2(C)C(C1)C(OC(C)=O)C=C1[C@@H]3CC[C@H]([C@H](C)C=C[C@H](C)C(C)C)[C@@]3(C)CC[C@@H]12. The van der Waals surface area contributed by atoms with E-state index in [1.54, 1.807) is 5.57 Å². The second kappa shape index (κ2) is 10.3. The second-order valence-corrected chi connectivity index (χ2v) is 13.5. The van der Waals surface area contributed by atoms with Crippen molar-refractivity contribution >= 4 is 11.9 Å². The fourth-order valence-corrected chi connectivity index (χ4v) is 8.77. The Hall–Kier alpha value is -1.58. The minimum absolute atomic E-state index is 0.0702. The van der Waals surface area contributed by atoms with Crippen LogP contribution >= 0.6 is 0 Å². The molecule has 3 unspecified atom stereocenters. The Bertz CT molecular complexity index is 902. The highest BCUT2D eigenvalue weighted by Crippen LogP contribution is 2.67. The number of ether oxygens (including phenoxy) is 2. The van der Waals surface area contributed by atoms with Crippen LogP contribution in [0, 0.1) is 52.3 Å². The van der Waals surface area contributed by atoms with E-state index in [9.17, 15) is 9.59 Å². The predicted molar refractivity (Wildman–Crippen MR) is 144 cm³/mol. The topological polar surface area (TPSA) is 52.6 Å². The summed E-state index contributed by atoms with van der Waals surface area (Å²) in [6.45, 7) is 17.4. The van der Waals surface area contributed by atoms with Gasteiger partial charge in [0.15, 0.2) is 0 Å². The molecule has 0 heterocycles. The normalized spacial score (nSPS) is 41.6. The maximum Gasteiger partial charge on any atom is 0.303 e. The molecule has 4 aliphatic rings. The van der Waals surface area contributed by atoms with Crippen LogP contribution in [0.4, 0.5) is 0 Å². The zero-order valence-corrected chi connectivity index (χ0v) is 24.0. The van der Waals surface area contributed by atoms with Gasteiger partial charge in [-0.15, -0.1) is 0 Å². The van der Waals surface area contributed by atoms with Crippen LogP contribution in [0.15, 0.2) is 23.8 Å². The van der Waals surface area contributed by atoms with Crippen molar-refractivity contribution in [2.75, 3.05) is 0 Å². The Balaban J connectivity index is 1.62. The van der Waals surface area contributed by atoms with Crippen molar-refractivity contribution in [1.82, 2.24) is 0 Å². The summed E-state index contributed by atoms with van der Waals surface area (Å²) < 4.78 is 11.7. The van der Waals surface area contributed by atoms with Gasteiger partial charge in [0.25, 0.3) is 0 Å². The lowest BCUT2D eigenvalue weighted by atomic mass is 9.47. The van der Waals surface area contributed by atoms with Gasteiger partial charge in [0.1, 0.15) is 12.2 Å². The molecule has 4 nitrogen and oxygen atoms in total. The number of fused-ring (bicyclic) bond motifs is 5. The molecule has 0 saturated heterocycles. The maximum atomic E-state index is 12.2. The van der Waals surface area contributed by atoms with Crippen LogP contribution in [0.1, 0.15) is 100 Å². The van der Waals surface area contributed by atoms with Crippen molar-refractivity contribution < 1.29 is 19.1 Å². The van der Waals surface area contributed by atoms with Crippen LogP contribution in [0.5, 0.6) is 0 Å². The standard InChI is InChI=1S/C32H50O4/c1-19(2)20(3)9-10-21(4)26-11-12-27-25-18-30(36-23(6)34)29-17-24(35-22(5)33)13-15-32(29,8)28(25)14-16-31(26,27)7/h9-10,18-21,24,26-30H,11-17H2,1-8H3/t20-,21+,24?,26+,27-,28-,29?,30?,31+,32+/m0/s1. The third kappa shape index (κ3) is 4.95. The minimum Gasteiger partial charge on any atom is -0.463 e. The number of allylic oxidation sites excluding steroid dienone is 3. The van der Waals surface area contributed by atoms with Crippen LogP contribution in [0.3, 0.4) is 0 Å². The average Bonchev–Trinajstić information content (AvgIpc) is 3.14. The molecule has 0 amide bonds. The summed E-state index contributed by atoms with van der Waals surface area (Å²) in [6, 6.07) is 0. The summed E-state index contributed by atoms with van der Waals surface area (Å²) >= 11 is 0. The number of hydrogen-bond donors (Lipinski definition) is 0. The molecule has 0 aromatic rings. The van der Waals surface area contributed by atoms with Crippen molar-refractivity contribution in [1.29, 1.82) is 0 Å². The molecule has 0 radical (unpaired) electrons. The molecule has 3 saturated carbocycles. The van der Waals surface area contributed by atoms with E-state index >= 15 is 0 Å². The summed E-state index contributed by atoms with van der Waals surface area (Å²) in [5.41, 5.74) is 1.96. The molecular formula is C32H50O4. The molecular weight excluding hydrogens is 448 g/mol. The highest BCUT2D eigenvalue weighted by Gasteiger charge is 2.60. The van der Waals surface area contributed by atoms with Crippen LogP contribution in [0.25, 0.3) is 0 Å². The molecule has 0 aliphatic heterocycles. The first-order valence-corrected chi connectivity index (χ1v) is 14.6. The van der Waals surface area contributed by atoms with Gasteiger partial charge in [-0.1, -0.05) is 59.3 Å². The van der Waals surface area contributed by atoms with Gasteiger partial charge in [0, 0.05) is 19.8 Å². The van der Waals surface area contributed by atoms with E-state index < -0.39 is 0 Å². The largest absolute Gasteiger partial charge is 0.463 e. The van der Waals surface area contributed by atoms with Gasteiger partial charge >= 0.3 is 11.9 Å². The molecule has 0 N–H and O–H groups in total. The zero-order chi connectivity index (χ0) is 26.4. The first-order chi connectivity index (χ1) is 16.9. The van der Waals surface area contributed by atoms with E-state index in [2.05, 4.69) is 59.8 Å². The Morgan fingerprint density at radius 1 is 0.889 bits per heavy atom. The monoisotopic (exact) mass is 498 g/mol. The summed E-state index contributed by atoms with van der Waals surface area (Å²) in [4.78, 5) is 23.9. The molecule has 202 valence electrons. The Labute approximate surface area is 219 Å². The fraction of sp³-hybridized carbons (Fsp3) is 0.812. The van der Waals surface area contributed by atoms with Crippen molar-refractivity contribution in [3.05, 3.63) is 23.8 Å². The molecule has 0 spiro atoms. The minimum atomic E-state index is -0.220. The van der Waals surface area contributed by atoms with Gasteiger partial charge < -0.3 is 9.47 Å². The summed E-state index contributed by atoms with van der Waals surface area (Å²) in [5.74, 6) is 3.44. The van der Waals surface area contributed by atoms with Gasteiger partial charge in [-0.2, -0.15) is 0 Å². The first-order valence-electron chi connectivity index (χ1n) is 14.6. The van der Waals surface area contributed by atoms with Gasteiger partial charge in [0.05, 0.1) is 0 Å². The summed E-state index contributed by atoms with van der Waals surface area (Å²) in [6.07, 6.45) is 14.7. The van der Waals surface area contributed by atoms with Gasteiger partial charge in [-0.3, -0.25) is 9.59 Å².